The predicted octanol–water partition coefficient (Wildman–Crippen LogP) is 3.87. The summed E-state index contributed by atoms with van der Waals surface area (Å²) in [4.78, 5) is 4.58. The Hall–Kier alpha value is -1.39. The van der Waals surface area contributed by atoms with Gasteiger partial charge < -0.3 is 10.1 Å². The lowest BCUT2D eigenvalue weighted by atomic mass is 9.91. The Kier molecular flexibility index (Phi) is 3.76. The van der Waals surface area contributed by atoms with Gasteiger partial charge in [0.15, 0.2) is 0 Å². The summed E-state index contributed by atoms with van der Waals surface area (Å²) in [6.45, 7) is 7.22. The highest BCUT2D eigenvalue weighted by Crippen LogP contribution is 2.36. The number of thiazole rings is 1. The number of aryl methyl sites for hydroxylation is 1. The van der Waals surface area contributed by atoms with Crippen LogP contribution in [0.25, 0.3) is 0 Å². The van der Waals surface area contributed by atoms with Gasteiger partial charge in [0.05, 0.1) is 12.6 Å². The van der Waals surface area contributed by atoms with Crippen LogP contribution in [0, 0.1) is 12.8 Å². The molecule has 0 saturated carbocycles. The molecule has 1 aromatic carbocycles. The molecule has 0 amide bonds. The van der Waals surface area contributed by atoms with E-state index in [0.717, 1.165) is 23.1 Å². The van der Waals surface area contributed by atoms with Crippen molar-refractivity contribution in [3.8, 4) is 5.75 Å². The Morgan fingerprint density at radius 1 is 1.40 bits per heavy atom. The lowest BCUT2D eigenvalue weighted by Gasteiger charge is -2.33. The first kappa shape index (κ1) is 13.6. The Morgan fingerprint density at radius 2 is 2.20 bits per heavy atom. The number of nitrogens with one attached hydrogen (secondary N) is 1. The fourth-order valence-electron chi connectivity index (χ4n) is 2.66. The normalized spacial score (nSPS) is 22.9. The van der Waals surface area contributed by atoms with Crippen LogP contribution in [0.5, 0.6) is 5.75 Å². The molecule has 1 aromatic heterocycles. The van der Waals surface area contributed by atoms with Gasteiger partial charge in [0.2, 0.25) is 0 Å². The van der Waals surface area contributed by atoms with Gasteiger partial charge in [-0.3, -0.25) is 0 Å². The van der Waals surface area contributed by atoms with E-state index in [0.29, 0.717) is 12.0 Å². The van der Waals surface area contributed by atoms with Crippen molar-refractivity contribution in [3.05, 3.63) is 45.9 Å². The maximum absolute atomic E-state index is 5.80. The predicted molar refractivity (Wildman–Crippen MR) is 82.2 cm³/mol. The zero-order valence-corrected chi connectivity index (χ0v) is 12.9. The Bertz CT molecular complexity index is 596. The summed E-state index contributed by atoms with van der Waals surface area (Å²) < 4.78 is 5.80. The molecule has 106 valence electrons. The molecule has 3 atom stereocenters. The summed E-state index contributed by atoms with van der Waals surface area (Å²) in [6.07, 6.45) is 0. The van der Waals surface area contributed by atoms with Gasteiger partial charge in [-0.15, -0.1) is 11.3 Å². The van der Waals surface area contributed by atoms with Crippen LogP contribution in [0.2, 0.25) is 0 Å². The minimum Gasteiger partial charge on any atom is -0.493 e. The largest absolute Gasteiger partial charge is 0.493 e. The fourth-order valence-corrected chi connectivity index (χ4v) is 3.47. The summed E-state index contributed by atoms with van der Waals surface area (Å²) in [5.74, 6) is 1.46. The molecule has 1 aliphatic heterocycles. The molecule has 0 aliphatic carbocycles. The molecule has 0 bridgehead atoms. The Balaban J connectivity index is 1.83. The van der Waals surface area contributed by atoms with Gasteiger partial charge in [-0.05, 0) is 19.9 Å². The molecule has 20 heavy (non-hydrogen) atoms. The summed E-state index contributed by atoms with van der Waals surface area (Å²) in [5.41, 5.74) is 2.35. The number of nitrogens with zero attached hydrogens (tertiary/aromatic N) is 1. The third kappa shape index (κ3) is 2.58. The Labute approximate surface area is 124 Å². The highest BCUT2D eigenvalue weighted by Gasteiger charge is 2.29. The topological polar surface area (TPSA) is 34.1 Å². The van der Waals surface area contributed by atoms with E-state index in [2.05, 4.69) is 41.7 Å². The number of aromatic nitrogens is 1. The van der Waals surface area contributed by atoms with Crippen molar-refractivity contribution in [3.63, 3.8) is 0 Å². The first-order chi connectivity index (χ1) is 9.65. The molecule has 1 N–H and O–H groups in total. The average molecular weight is 288 g/mol. The zero-order chi connectivity index (χ0) is 14.1. The van der Waals surface area contributed by atoms with Crippen LogP contribution in [0.1, 0.15) is 42.2 Å². The Morgan fingerprint density at radius 3 is 2.95 bits per heavy atom. The van der Waals surface area contributed by atoms with E-state index in [-0.39, 0.29) is 6.04 Å². The SMILES string of the molecule is Cc1csc(C(C)NC2c3ccccc3OCC2C)n1. The van der Waals surface area contributed by atoms with E-state index in [1.54, 1.807) is 11.3 Å². The van der Waals surface area contributed by atoms with Gasteiger partial charge >= 0.3 is 0 Å². The number of ether oxygens (including phenoxy) is 1. The summed E-state index contributed by atoms with van der Waals surface area (Å²) in [6, 6.07) is 8.88. The minimum atomic E-state index is 0.257. The molecular formula is C16H20N2OS. The smallest absolute Gasteiger partial charge is 0.124 e. The maximum atomic E-state index is 5.80. The monoisotopic (exact) mass is 288 g/mol. The second kappa shape index (κ2) is 5.54. The quantitative estimate of drug-likeness (QED) is 0.931. The van der Waals surface area contributed by atoms with Crippen LogP contribution >= 0.6 is 11.3 Å². The van der Waals surface area contributed by atoms with E-state index < -0.39 is 0 Å². The molecule has 1 aliphatic rings. The second-order valence-corrected chi connectivity index (χ2v) is 6.41. The zero-order valence-electron chi connectivity index (χ0n) is 12.1. The van der Waals surface area contributed by atoms with Crippen LogP contribution in [-0.2, 0) is 0 Å². The second-order valence-electron chi connectivity index (χ2n) is 5.52. The molecule has 4 heteroatoms. The first-order valence-corrected chi connectivity index (χ1v) is 7.93. The van der Waals surface area contributed by atoms with Crippen molar-refractivity contribution in [2.24, 2.45) is 5.92 Å². The number of hydrogen-bond donors (Lipinski definition) is 1. The van der Waals surface area contributed by atoms with E-state index >= 15 is 0 Å². The van der Waals surface area contributed by atoms with Crippen molar-refractivity contribution in [1.82, 2.24) is 10.3 Å². The molecule has 2 aromatic rings. The van der Waals surface area contributed by atoms with Gasteiger partial charge in [0, 0.05) is 28.6 Å². The lowest BCUT2D eigenvalue weighted by Crippen LogP contribution is -2.35. The number of para-hydroxylation sites is 1. The number of hydrogen-bond acceptors (Lipinski definition) is 4. The molecule has 3 nitrogen and oxygen atoms in total. The highest BCUT2D eigenvalue weighted by molar-refractivity contribution is 7.09. The van der Waals surface area contributed by atoms with Crippen molar-refractivity contribution in [2.75, 3.05) is 6.61 Å². The van der Waals surface area contributed by atoms with Crippen molar-refractivity contribution >= 4 is 11.3 Å². The molecule has 0 spiro atoms. The number of benzene rings is 1. The lowest BCUT2D eigenvalue weighted by molar-refractivity contribution is 0.182. The van der Waals surface area contributed by atoms with Crippen molar-refractivity contribution < 1.29 is 4.74 Å². The van der Waals surface area contributed by atoms with Gasteiger partial charge in [-0.1, -0.05) is 25.1 Å². The highest BCUT2D eigenvalue weighted by atomic mass is 32.1. The van der Waals surface area contributed by atoms with Crippen molar-refractivity contribution in [1.29, 1.82) is 0 Å². The average Bonchev–Trinajstić information content (AvgIpc) is 2.89. The summed E-state index contributed by atoms with van der Waals surface area (Å²) in [5, 5.41) is 6.98. The van der Waals surface area contributed by atoms with Crippen LogP contribution in [0.15, 0.2) is 29.6 Å². The molecule has 3 unspecified atom stereocenters. The first-order valence-electron chi connectivity index (χ1n) is 7.05. The number of rotatable bonds is 3. The number of fused-ring (bicyclic) bond motifs is 1. The molecule has 3 rings (SSSR count). The standard InChI is InChI=1S/C16H20N2OS/c1-10-8-19-14-7-5-4-6-13(14)15(10)18-12(3)16-17-11(2)9-20-16/h4-7,9-10,12,15,18H,8H2,1-3H3. The van der Waals surface area contributed by atoms with Crippen LogP contribution in [-0.4, -0.2) is 11.6 Å². The van der Waals surface area contributed by atoms with E-state index in [4.69, 9.17) is 4.74 Å². The molecule has 2 heterocycles. The van der Waals surface area contributed by atoms with Gasteiger partial charge in [-0.2, -0.15) is 0 Å². The van der Waals surface area contributed by atoms with Crippen molar-refractivity contribution in [2.45, 2.75) is 32.9 Å². The van der Waals surface area contributed by atoms with Crippen LogP contribution < -0.4 is 10.1 Å². The third-order valence-electron chi connectivity index (χ3n) is 3.76. The molecule has 0 fully saturated rings. The molecular weight excluding hydrogens is 268 g/mol. The summed E-state index contributed by atoms with van der Waals surface area (Å²) in [7, 11) is 0. The van der Waals surface area contributed by atoms with Crippen LogP contribution in [0.4, 0.5) is 0 Å². The molecule has 0 saturated heterocycles. The fraction of sp³-hybridized carbons (Fsp3) is 0.438. The summed E-state index contributed by atoms with van der Waals surface area (Å²) >= 11 is 1.72. The van der Waals surface area contributed by atoms with E-state index in [1.807, 2.05) is 19.1 Å². The van der Waals surface area contributed by atoms with Gasteiger partial charge in [0.1, 0.15) is 10.8 Å². The third-order valence-corrected chi connectivity index (χ3v) is 4.91. The maximum Gasteiger partial charge on any atom is 0.124 e. The van der Waals surface area contributed by atoms with Gasteiger partial charge in [-0.25, -0.2) is 4.98 Å². The van der Waals surface area contributed by atoms with Crippen LogP contribution in [0.3, 0.4) is 0 Å². The van der Waals surface area contributed by atoms with E-state index in [9.17, 15) is 0 Å². The van der Waals surface area contributed by atoms with E-state index in [1.165, 1.54) is 5.56 Å². The minimum absolute atomic E-state index is 0.257. The molecule has 0 radical (unpaired) electrons. The van der Waals surface area contributed by atoms with Gasteiger partial charge in [0.25, 0.3) is 0 Å².